The lowest BCUT2D eigenvalue weighted by molar-refractivity contribution is 0.138. The molecular formula is C24H21NO4. The number of nitrogens with one attached hydrogen (secondary N) is 1. The van der Waals surface area contributed by atoms with Gasteiger partial charge < -0.3 is 18.9 Å². The van der Waals surface area contributed by atoms with Crippen LogP contribution < -0.4 is 15.7 Å². The zero-order chi connectivity index (χ0) is 19.4. The first-order valence-corrected chi connectivity index (χ1v) is 10.2. The molecule has 3 atom stereocenters. The highest BCUT2D eigenvalue weighted by Crippen LogP contribution is 2.36. The fraction of sp³-hybridized carbons (Fsp3) is 0.292. The van der Waals surface area contributed by atoms with Crippen LogP contribution in [0.4, 0.5) is 0 Å². The van der Waals surface area contributed by atoms with E-state index in [2.05, 4.69) is 5.32 Å². The first-order valence-electron chi connectivity index (χ1n) is 10.2. The van der Waals surface area contributed by atoms with Crippen molar-refractivity contribution < 1.29 is 13.6 Å². The molecule has 5 heteroatoms. The summed E-state index contributed by atoms with van der Waals surface area (Å²) in [5.74, 6) is 1.24. The zero-order valence-corrected chi connectivity index (χ0v) is 15.9. The number of ether oxygens (including phenoxy) is 1. The van der Waals surface area contributed by atoms with Crippen molar-refractivity contribution in [3.63, 3.8) is 0 Å². The number of hydrogen-bond donors (Lipinski definition) is 1. The minimum atomic E-state index is -0.403. The van der Waals surface area contributed by atoms with E-state index in [0.717, 1.165) is 29.4 Å². The highest BCUT2D eigenvalue weighted by molar-refractivity contribution is 5.88. The summed E-state index contributed by atoms with van der Waals surface area (Å²) in [6.45, 7) is 0. The molecule has 1 N–H and O–H groups in total. The average Bonchev–Trinajstić information content (AvgIpc) is 3.31. The Morgan fingerprint density at radius 1 is 0.897 bits per heavy atom. The van der Waals surface area contributed by atoms with E-state index in [9.17, 15) is 4.79 Å². The van der Waals surface area contributed by atoms with Crippen LogP contribution in [0.25, 0.3) is 33.3 Å². The van der Waals surface area contributed by atoms with E-state index in [1.165, 1.54) is 12.8 Å². The molecule has 0 amide bonds. The Morgan fingerprint density at radius 2 is 1.69 bits per heavy atom. The van der Waals surface area contributed by atoms with E-state index < -0.39 is 5.63 Å². The molecule has 146 valence electrons. The third-order valence-electron chi connectivity index (χ3n) is 6.14. The Morgan fingerprint density at radius 3 is 2.55 bits per heavy atom. The van der Waals surface area contributed by atoms with Gasteiger partial charge in [0.05, 0.1) is 0 Å². The van der Waals surface area contributed by atoms with Crippen LogP contribution in [0.1, 0.15) is 25.7 Å². The number of rotatable bonds is 3. The monoisotopic (exact) mass is 387 g/mol. The van der Waals surface area contributed by atoms with Gasteiger partial charge in [-0.15, -0.1) is 0 Å². The second-order valence-corrected chi connectivity index (χ2v) is 8.12. The summed E-state index contributed by atoms with van der Waals surface area (Å²) < 4.78 is 18.0. The van der Waals surface area contributed by atoms with Gasteiger partial charge in [0.2, 0.25) is 0 Å². The summed E-state index contributed by atoms with van der Waals surface area (Å²) in [5, 5.41) is 5.42. The molecule has 2 aliphatic heterocycles. The van der Waals surface area contributed by atoms with Gasteiger partial charge in [-0.05, 0) is 49.9 Å². The quantitative estimate of drug-likeness (QED) is 0.508. The predicted molar refractivity (Wildman–Crippen MR) is 111 cm³/mol. The average molecular weight is 387 g/mol. The molecule has 29 heavy (non-hydrogen) atoms. The molecule has 2 aromatic heterocycles. The summed E-state index contributed by atoms with van der Waals surface area (Å²) in [4.78, 5) is 12.5. The van der Waals surface area contributed by atoms with Crippen LogP contribution in [0, 0.1) is 0 Å². The Bertz CT molecular complexity index is 1260. The number of fused-ring (bicyclic) bond motifs is 4. The first-order chi connectivity index (χ1) is 14.2. The fourth-order valence-corrected chi connectivity index (χ4v) is 4.78. The Hall–Kier alpha value is -3.05. The second kappa shape index (κ2) is 6.49. The van der Waals surface area contributed by atoms with Crippen LogP contribution in [0.2, 0.25) is 0 Å². The first kappa shape index (κ1) is 16.9. The number of furan rings is 1. The van der Waals surface area contributed by atoms with Crippen molar-refractivity contribution >= 4 is 21.9 Å². The van der Waals surface area contributed by atoms with Crippen molar-refractivity contribution in [2.45, 2.75) is 43.9 Å². The van der Waals surface area contributed by atoms with Crippen LogP contribution >= 0.6 is 0 Å². The third-order valence-corrected chi connectivity index (χ3v) is 6.14. The van der Waals surface area contributed by atoms with Crippen molar-refractivity contribution in [3.8, 4) is 17.1 Å². The molecular weight excluding hydrogens is 366 g/mol. The van der Waals surface area contributed by atoms with Crippen LogP contribution in [0.3, 0.4) is 0 Å². The normalized spacial score (nSPS) is 23.7. The van der Waals surface area contributed by atoms with Crippen LogP contribution in [-0.2, 0) is 0 Å². The van der Waals surface area contributed by atoms with E-state index in [4.69, 9.17) is 13.6 Å². The predicted octanol–water partition coefficient (Wildman–Crippen LogP) is 4.87. The smallest absolute Gasteiger partial charge is 0.347 e. The summed E-state index contributed by atoms with van der Waals surface area (Å²) in [6.07, 6.45) is 4.71. The lowest BCUT2D eigenvalue weighted by Gasteiger charge is -2.29. The van der Waals surface area contributed by atoms with Crippen LogP contribution in [-0.4, -0.2) is 18.2 Å². The molecule has 0 radical (unpaired) electrons. The summed E-state index contributed by atoms with van der Waals surface area (Å²) in [7, 11) is 0. The minimum absolute atomic E-state index is 0.193. The molecule has 0 spiro atoms. The number of piperidine rings is 1. The van der Waals surface area contributed by atoms with E-state index in [0.29, 0.717) is 34.6 Å². The molecule has 6 rings (SSSR count). The third kappa shape index (κ3) is 2.93. The molecule has 2 bridgehead atoms. The number of para-hydroxylation sites is 2. The maximum atomic E-state index is 12.5. The Kier molecular flexibility index (Phi) is 3.78. The molecule has 0 aliphatic carbocycles. The molecule has 4 heterocycles. The summed E-state index contributed by atoms with van der Waals surface area (Å²) in [5.41, 5.74) is 1.27. The van der Waals surface area contributed by atoms with Gasteiger partial charge in [0.25, 0.3) is 0 Å². The van der Waals surface area contributed by atoms with Gasteiger partial charge in [-0.2, -0.15) is 0 Å². The molecule has 0 saturated carbocycles. The van der Waals surface area contributed by atoms with Crippen LogP contribution in [0.15, 0.2) is 68.2 Å². The van der Waals surface area contributed by atoms with Crippen LogP contribution in [0.5, 0.6) is 5.75 Å². The number of hydrogen-bond acceptors (Lipinski definition) is 5. The van der Waals surface area contributed by atoms with Crippen molar-refractivity contribution in [1.29, 1.82) is 0 Å². The molecule has 2 aliphatic rings. The maximum absolute atomic E-state index is 12.5. The SMILES string of the molecule is O=c1oc2ccccc2cc1-c1cc2cccc(OC3C[C@H]4CC[C@@H](C3)N4)c2o1. The molecule has 5 nitrogen and oxygen atoms in total. The summed E-state index contributed by atoms with van der Waals surface area (Å²) >= 11 is 0. The van der Waals surface area contributed by atoms with Crippen molar-refractivity contribution in [1.82, 2.24) is 5.32 Å². The van der Waals surface area contributed by atoms with Gasteiger partial charge in [-0.25, -0.2) is 4.79 Å². The van der Waals surface area contributed by atoms with E-state index in [-0.39, 0.29) is 6.10 Å². The summed E-state index contributed by atoms with van der Waals surface area (Å²) in [6, 6.07) is 18.2. The largest absolute Gasteiger partial charge is 0.486 e. The molecule has 2 saturated heterocycles. The van der Waals surface area contributed by atoms with Gasteiger partial charge in [-0.1, -0.05) is 30.3 Å². The van der Waals surface area contributed by atoms with Gasteiger partial charge in [0, 0.05) is 22.9 Å². The second-order valence-electron chi connectivity index (χ2n) is 8.12. The van der Waals surface area contributed by atoms with E-state index in [1.54, 1.807) is 6.07 Å². The van der Waals surface area contributed by atoms with Crippen molar-refractivity contribution in [3.05, 3.63) is 65.0 Å². The van der Waals surface area contributed by atoms with Gasteiger partial charge in [-0.3, -0.25) is 0 Å². The van der Waals surface area contributed by atoms with Crippen molar-refractivity contribution in [2.24, 2.45) is 0 Å². The highest BCUT2D eigenvalue weighted by atomic mass is 16.5. The zero-order valence-electron chi connectivity index (χ0n) is 15.9. The van der Waals surface area contributed by atoms with E-state index >= 15 is 0 Å². The van der Waals surface area contributed by atoms with Gasteiger partial charge in [0.1, 0.15) is 23.0 Å². The topological polar surface area (TPSA) is 64.6 Å². The molecule has 1 unspecified atom stereocenters. The lowest BCUT2D eigenvalue weighted by Crippen LogP contribution is -2.42. The number of benzene rings is 2. The van der Waals surface area contributed by atoms with Gasteiger partial charge >= 0.3 is 5.63 Å². The molecule has 2 aromatic carbocycles. The standard InChI is InChI=1S/C24H21NO4/c26-24-19(10-14-4-1-2-6-20(14)29-24)22-11-15-5-3-7-21(23(15)28-22)27-18-12-16-8-9-17(13-18)25-16/h1-7,10-11,16-18,25H,8-9,12-13H2/t16-,17+,18?. The Balaban J connectivity index is 1.39. The van der Waals surface area contributed by atoms with Gasteiger partial charge in [0.15, 0.2) is 11.3 Å². The fourth-order valence-electron chi connectivity index (χ4n) is 4.78. The van der Waals surface area contributed by atoms with Crippen molar-refractivity contribution in [2.75, 3.05) is 0 Å². The maximum Gasteiger partial charge on any atom is 0.347 e. The Labute approximate surface area is 167 Å². The molecule has 2 fully saturated rings. The van der Waals surface area contributed by atoms with E-state index in [1.807, 2.05) is 48.5 Å². The minimum Gasteiger partial charge on any atom is -0.486 e. The lowest BCUT2D eigenvalue weighted by atomic mass is 10.0. The highest BCUT2D eigenvalue weighted by Gasteiger charge is 2.34. The molecule has 4 aromatic rings.